The number of ether oxygens (including phenoxy) is 1. The molecule has 0 radical (unpaired) electrons. The lowest BCUT2D eigenvalue weighted by atomic mass is 9.94. The van der Waals surface area contributed by atoms with Gasteiger partial charge in [-0.2, -0.15) is 0 Å². The number of rotatable bonds is 3. The summed E-state index contributed by atoms with van der Waals surface area (Å²) in [6, 6.07) is 16.8. The van der Waals surface area contributed by atoms with Crippen molar-refractivity contribution >= 4 is 0 Å². The van der Waals surface area contributed by atoms with E-state index in [2.05, 4.69) is 43.4 Å². The Kier molecular flexibility index (Phi) is 3.26. The van der Waals surface area contributed by atoms with Gasteiger partial charge >= 0.3 is 0 Å². The second-order valence-corrected chi connectivity index (χ2v) is 5.41. The molecular formula is C17H19NO. The zero-order chi connectivity index (χ0) is 13.2. The van der Waals surface area contributed by atoms with Crippen LogP contribution in [0.5, 0.6) is 11.5 Å². The smallest absolute Gasteiger partial charge is 0.132 e. The Morgan fingerprint density at radius 1 is 0.947 bits per heavy atom. The molecule has 0 spiro atoms. The molecule has 2 aromatic carbocycles. The number of hydrogen-bond acceptors (Lipinski definition) is 2. The van der Waals surface area contributed by atoms with Gasteiger partial charge in [-0.05, 0) is 24.6 Å². The monoisotopic (exact) mass is 253 g/mol. The molecule has 1 aliphatic heterocycles. The van der Waals surface area contributed by atoms with Gasteiger partial charge in [-0.3, -0.25) is 0 Å². The standard InChI is InChI=1S/C17H19NO/c1-12(2)11-18-17-13-7-3-5-9-15(13)19-16-10-6-4-8-14(16)17/h3-10,12,17-18H,11H2,1-2H3. The van der Waals surface area contributed by atoms with E-state index in [1.165, 1.54) is 11.1 Å². The van der Waals surface area contributed by atoms with E-state index >= 15 is 0 Å². The summed E-state index contributed by atoms with van der Waals surface area (Å²) in [4.78, 5) is 0. The quantitative estimate of drug-likeness (QED) is 0.888. The van der Waals surface area contributed by atoms with Crippen LogP contribution in [0, 0.1) is 5.92 Å². The van der Waals surface area contributed by atoms with Crippen molar-refractivity contribution in [3.05, 3.63) is 59.7 Å². The van der Waals surface area contributed by atoms with Crippen molar-refractivity contribution in [2.45, 2.75) is 19.9 Å². The van der Waals surface area contributed by atoms with Crippen molar-refractivity contribution in [1.29, 1.82) is 0 Å². The van der Waals surface area contributed by atoms with Crippen molar-refractivity contribution in [3.63, 3.8) is 0 Å². The zero-order valence-electron chi connectivity index (χ0n) is 11.4. The van der Waals surface area contributed by atoms with Gasteiger partial charge in [0.2, 0.25) is 0 Å². The van der Waals surface area contributed by atoms with Crippen molar-refractivity contribution in [2.24, 2.45) is 5.92 Å². The average Bonchev–Trinajstić information content (AvgIpc) is 2.43. The lowest BCUT2D eigenvalue weighted by molar-refractivity contribution is 0.418. The van der Waals surface area contributed by atoms with E-state index in [1.807, 2.05) is 24.3 Å². The van der Waals surface area contributed by atoms with E-state index in [-0.39, 0.29) is 6.04 Å². The molecule has 0 atom stereocenters. The molecular weight excluding hydrogens is 234 g/mol. The molecule has 3 rings (SSSR count). The molecule has 0 aromatic heterocycles. The Morgan fingerprint density at radius 3 is 2.00 bits per heavy atom. The minimum atomic E-state index is 0.226. The molecule has 0 saturated carbocycles. The summed E-state index contributed by atoms with van der Waals surface area (Å²) >= 11 is 0. The Balaban J connectivity index is 2.01. The number of fused-ring (bicyclic) bond motifs is 2. The maximum atomic E-state index is 5.97. The SMILES string of the molecule is CC(C)CNC1c2ccccc2Oc2ccccc21. The summed E-state index contributed by atoms with van der Waals surface area (Å²) in [6.07, 6.45) is 0. The number of nitrogens with one attached hydrogen (secondary N) is 1. The van der Waals surface area contributed by atoms with Crippen LogP contribution in [0.3, 0.4) is 0 Å². The lowest BCUT2D eigenvalue weighted by Crippen LogP contribution is -2.28. The fourth-order valence-electron chi connectivity index (χ4n) is 2.48. The molecule has 0 aliphatic carbocycles. The van der Waals surface area contributed by atoms with Crippen molar-refractivity contribution < 1.29 is 4.74 Å². The van der Waals surface area contributed by atoms with E-state index in [4.69, 9.17) is 4.74 Å². The molecule has 0 unspecified atom stereocenters. The molecule has 1 N–H and O–H groups in total. The predicted octanol–water partition coefficient (Wildman–Crippen LogP) is 4.13. The van der Waals surface area contributed by atoms with Gasteiger partial charge < -0.3 is 10.1 Å². The highest BCUT2D eigenvalue weighted by Crippen LogP contribution is 2.42. The Bertz CT molecular complexity index is 531. The molecule has 1 heterocycles. The Hall–Kier alpha value is -1.80. The maximum absolute atomic E-state index is 5.97. The third-order valence-corrected chi connectivity index (χ3v) is 3.41. The van der Waals surface area contributed by atoms with Crippen LogP contribution in [0.15, 0.2) is 48.5 Å². The fourth-order valence-corrected chi connectivity index (χ4v) is 2.48. The van der Waals surface area contributed by atoms with Crippen LogP contribution in [0.25, 0.3) is 0 Å². The highest BCUT2D eigenvalue weighted by atomic mass is 16.5. The third kappa shape index (κ3) is 2.36. The highest BCUT2D eigenvalue weighted by molar-refractivity contribution is 5.52. The maximum Gasteiger partial charge on any atom is 0.132 e. The summed E-state index contributed by atoms with van der Waals surface area (Å²) in [5.74, 6) is 2.55. The first-order chi connectivity index (χ1) is 9.25. The average molecular weight is 253 g/mol. The van der Waals surface area contributed by atoms with Gasteiger partial charge in [-0.1, -0.05) is 50.2 Å². The Labute approximate surface area is 114 Å². The zero-order valence-corrected chi connectivity index (χ0v) is 11.4. The van der Waals surface area contributed by atoms with Gasteiger partial charge in [0.05, 0.1) is 6.04 Å². The summed E-state index contributed by atoms with van der Waals surface area (Å²) < 4.78 is 5.97. The van der Waals surface area contributed by atoms with E-state index < -0.39 is 0 Å². The van der Waals surface area contributed by atoms with Crippen molar-refractivity contribution in [3.8, 4) is 11.5 Å². The van der Waals surface area contributed by atoms with Gasteiger partial charge in [-0.25, -0.2) is 0 Å². The summed E-state index contributed by atoms with van der Waals surface area (Å²) in [5, 5.41) is 3.65. The second kappa shape index (κ2) is 5.06. The molecule has 19 heavy (non-hydrogen) atoms. The molecule has 0 fully saturated rings. The summed E-state index contributed by atoms with van der Waals surface area (Å²) in [5.41, 5.74) is 2.45. The number of hydrogen-bond donors (Lipinski definition) is 1. The number of para-hydroxylation sites is 2. The van der Waals surface area contributed by atoms with Crippen LogP contribution in [0.2, 0.25) is 0 Å². The van der Waals surface area contributed by atoms with Gasteiger partial charge in [0.1, 0.15) is 11.5 Å². The third-order valence-electron chi connectivity index (χ3n) is 3.41. The first-order valence-corrected chi connectivity index (χ1v) is 6.85. The van der Waals surface area contributed by atoms with E-state index in [9.17, 15) is 0 Å². The predicted molar refractivity (Wildman–Crippen MR) is 77.6 cm³/mol. The van der Waals surface area contributed by atoms with Crippen molar-refractivity contribution in [1.82, 2.24) is 5.32 Å². The molecule has 1 aliphatic rings. The molecule has 0 amide bonds. The lowest BCUT2D eigenvalue weighted by Gasteiger charge is -2.29. The summed E-state index contributed by atoms with van der Waals surface area (Å²) in [7, 11) is 0. The second-order valence-electron chi connectivity index (χ2n) is 5.41. The van der Waals surface area contributed by atoms with Crippen LogP contribution >= 0.6 is 0 Å². The molecule has 98 valence electrons. The normalized spacial score (nSPS) is 13.8. The molecule has 0 saturated heterocycles. The van der Waals surface area contributed by atoms with Crippen LogP contribution in [-0.2, 0) is 0 Å². The largest absolute Gasteiger partial charge is 0.457 e. The van der Waals surface area contributed by atoms with Crippen LogP contribution in [0.1, 0.15) is 31.0 Å². The highest BCUT2D eigenvalue weighted by Gasteiger charge is 2.26. The molecule has 2 aromatic rings. The fraction of sp³-hybridized carbons (Fsp3) is 0.294. The van der Waals surface area contributed by atoms with Crippen LogP contribution < -0.4 is 10.1 Å². The van der Waals surface area contributed by atoms with Crippen LogP contribution in [-0.4, -0.2) is 6.54 Å². The number of benzene rings is 2. The van der Waals surface area contributed by atoms with Gasteiger partial charge in [0.25, 0.3) is 0 Å². The first kappa shape index (κ1) is 12.2. The minimum absolute atomic E-state index is 0.226. The molecule has 2 heteroatoms. The molecule has 2 nitrogen and oxygen atoms in total. The van der Waals surface area contributed by atoms with Gasteiger partial charge in [0, 0.05) is 11.1 Å². The summed E-state index contributed by atoms with van der Waals surface area (Å²) in [6.45, 7) is 5.45. The van der Waals surface area contributed by atoms with E-state index in [0.717, 1.165) is 18.0 Å². The van der Waals surface area contributed by atoms with Gasteiger partial charge in [0.15, 0.2) is 0 Å². The Morgan fingerprint density at radius 2 is 1.47 bits per heavy atom. The van der Waals surface area contributed by atoms with E-state index in [0.29, 0.717) is 5.92 Å². The van der Waals surface area contributed by atoms with Crippen LogP contribution in [0.4, 0.5) is 0 Å². The minimum Gasteiger partial charge on any atom is -0.457 e. The van der Waals surface area contributed by atoms with Crippen molar-refractivity contribution in [2.75, 3.05) is 6.54 Å². The first-order valence-electron chi connectivity index (χ1n) is 6.85. The van der Waals surface area contributed by atoms with Gasteiger partial charge in [-0.15, -0.1) is 0 Å². The van der Waals surface area contributed by atoms with E-state index in [1.54, 1.807) is 0 Å². The topological polar surface area (TPSA) is 21.3 Å². The molecule has 0 bridgehead atoms.